The third-order valence-electron chi connectivity index (χ3n) is 2.76. The molecule has 2 nitrogen and oxygen atoms in total. The van der Waals surface area contributed by atoms with E-state index in [9.17, 15) is 13.9 Å². The smallest absolute Gasteiger partial charge is 0.159 e. The van der Waals surface area contributed by atoms with E-state index >= 15 is 0 Å². The maximum absolute atomic E-state index is 13.1. The lowest BCUT2D eigenvalue weighted by Crippen LogP contribution is -2.28. The van der Waals surface area contributed by atoms with Crippen molar-refractivity contribution in [1.82, 2.24) is 5.32 Å². The largest absolute Gasteiger partial charge is 0.385 e. The molecule has 0 amide bonds. The quantitative estimate of drug-likeness (QED) is 0.753. The van der Waals surface area contributed by atoms with Gasteiger partial charge in [-0.25, -0.2) is 8.78 Å². The molecule has 96 valence electrons. The highest BCUT2D eigenvalue weighted by molar-refractivity contribution is 5.23. The van der Waals surface area contributed by atoms with Gasteiger partial charge < -0.3 is 10.4 Å². The summed E-state index contributed by atoms with van der Waals surface area (Å²) in [6, 6.07) is 3.51. The predicted octanol–water partition coefficient (Wildman–Crippen LogP) is 2.56. The fourth-order valence-electron chi connectivity index (χ4n) is 1.61. The summed E-state index contributed by atoms with van der Waals surface area (Å²) in [6.45, 7) is 5.18. The van der Waals surface area contributed by atoms with Gasteiger partial charge in [-0.05, 0) is 50.6 Å². The molecule has 0 aliphatic carbocycles. The van der Waals surface area contributed by atoms with Crippen LogP contribution in [0.5, 0.6) is 0 Å². The summed E-state index contributed by atoms with van der Waals surface area (Å²) < 4.78 is 25.8. The van der Waals surface area contributed by atoms with E-state index in [4.69, 9.17) is 0 Å². The van der Waals surface area contributed by atoms with Crippen LogP contribution in [-0.2, 0) is 5.60 Å². The fraction of sp³-hybridized carbons (Fsp3) is 0.538. The molecule has 17 heavy (non-hydrogen) atoms. The molecule has 4 heteroatoms. The number of benzene rings is 1. The summed E-state index contributed by atoms with van der Waals surface area (Å²) in [5.74, 6) is -1.82. The second kappa shape index (κ2) is 6.07. The molecule has 0 bridgehead atoms. The Balaban J connectivity index is 2.64. The second-order valence-corrected chi connectivity index (χ2v) is 4.40. The van der Waals surface area contributed by atoms with Gasteiger partial charge in [-0.3, -0.25) is 0 Å². The molecule has 0 spiro atoms. The monoisotopic (exact) mass is 243 g/mol. The van der Waals surface area contributed by atoms with Gasteiger partial charge in [0.15, 0.2) is 11.6 Å². The number of hydrogen-bond donors (Lipinski definition) is 2. The van der Waals surface area contributed by atoms with E-state index in [-0.39, 0.29) is 0 Å². The van der Waals surface area contributed by atoms with Crippen molar-refractivity contribution in [3.8, 4) is 0 Å². The van der Waals surface area contributed by atoms with Crippen LogP contribution in [0.3, 0.4) is 0 Å². The van der Waals surface area contributed by atoms with Crippen LogP contribution in [0.25, 0.3) is 0 Å². The zero-order valence-corrected chi connectivity index (χ0v) is 10.3. The van der Waals surface area contributed by atoms with Gasteiger partial charge in [-0.2, -0.15) is 0 Å². The van der Waals surface area contributed by atoms with Crippen molar-refractivity contribution in [3.05, 3.63) is 35.4 Å². The lowest BCUT2D eigenvalue weighted by Gasteiger charge is -2.24. The van der Waals surface area contributed by atoms with Crippen LogP contribution in [0.15, 0.2) is 18.2 Å². The Hall–Kier alpha value is -1.00. The predicted molar refractivity (Wildman–Crippen MR) is 63.7 cm³/mol. The summed E-state index contributed by atoms with van der Waals surface area (Å²) in [6.07, 6.45) is 1.48. The molecule has 0 fully saturated rings. The van der Waals surface area contributed by atoms with Crippen LogP contribution < -0.4 is 5.32 Å². The Morgan fingerprint density at radius 3 is 2.53 bits per heavy atom. The van der Waals surface area contributed by atoms with Gasteiger partial charge in [-0.15, -0.1) is 0 Å². The first-order valence-electron chi connectivity index (χ1n) is 5.86. The minimum atomic E-state index is -1.14. The van der Waals surface area contributed by atoms with Crippen molar-refractivity contribution >= 4 is 0 Å². The highest BCUT2D eigenvalue weighted by Crippen LogP contribution is 2.25. The molecule has 1 rings (SSSR count). The first kappa shape index (κ1) is 14.1. The molecule has 1 aromatic rings. The molecule has 0 aliphatic rings. The van der Waals surface area contributed by atoms with Crippen molar-refractivity contribution < 1.29 is 13.9 Å². The fourth-order valence-corrected chi connectivity index (χ4v) is 1.61. The van der Waals surface area contributed by atoms with Crippen LogP contribution in [0.4, 0.5) is 8.78 Å². The summed E-state index contributed by atoms with van der Waals surface area (Å²) in [4.78, 5) is 0. The number of halogens is 2. The van der Waals surface area contributed by atoms with Crippen molar-refractivity contribution in [2.45, 2.75) is 32.3 Å². The first-order chi connectivity index (χ1) is 7.97. The van der Waals surface area contributed by atoms with Gasteiger partial charge in [0.05, 0.1) is 5.60 Å². The Kier molecular flexibility index (Phi) is 5.02. The molecule has 1 unspecified atom stereocenters. The zero-order valence-electron chi connectivity index (χ0n) is 10.3. The molecular weight excluding hydrogens is 224 g/mol. The maximum atomic E-state index is 13.1. The van der Waals surface area contributed by atoms with Crippen LogP contribution in [0, 0.1) is 11.6 Å². The summed E-state index contributed by atoms with van der Waals surface area (Å²) in [5.41, 5.74) is -0.746. The molecule has 0 saturated carbocycles. The van der Waals surface area contributed by atoms with Gasteiger partial charge >= 0.3 is 0 Å². The standard InChI is InChI=1S/C13H19F2NO/c1-3-7-16-8-6-13(2,17)10-4-5-11(14)12(15)9-10/h4-5,9,16-17H,3,6-8H2,1-2H3. The average molecular weight is 243 g/mol. The molecule has 2 N–H and O–H groups in total. The molecule has 0 saturated heterocycles. The molecule has 0 aliphatic heterocycles. The number of aliphatic hydroxyl groups is 1. The summed E-state index contributed by atoms with van der Waals surface area (Å²) in [5, 5.41) is 13.3. The van der Waals surface area contributed by atoms with Gasteiger partial charge in [0, 0.05) is 0 Å². The SMILES string of the molecule is CCCNCCC(C)(O)c1ccc(F)c(F)c1. The van der Waals surface area contributed by atoms with E-state index in [1.54, 1.807) is 6.92 Å². The molecule has 0 radical (unpaired) electrons. The third kappa shape index (κ3) is 4.06. The maximum Gasteiger partial charge on any atom is 0.159 e. The molecule has 0 heterocycles. The highest BCUT2D eigenvalue weighted by atomic mass is 19.2. The van der Waals surface area contributed by atoms with E-state index < -0.39 is 17.2 Å². The summed E-state index contributed by atoms with van der Waals surface area (Å²) in [7, 11) is 0. The van der Waals surface area contributed by atoms with E-state index in [0.29, 0.717) is 18.5 Å². The van der Waals surface area contributed by atoms with Crippen LogP contribution >= 0.6 is 0 Å². The van der Waals surface area contributed by atoms with Gasteiger partial charge in [0.2, 0.25) is 0 Å². The third-order valence-corrected chi connectivity index (χ3v) is 2.76. The molecule has 1 atom stereocenters. The highest BCUT2D eigenvalue weighted by Gasteiger charge is 2.23. The lowest BCUT2D eigenvalue weighted by molar-refractivity contribution is 0.0476. The second-order valence-electron chi connectivity index (χ2n) is 4.40. The first-order valence-corrected chi connectivity index (χ1v) is 5.86. The van der Waals surface area contributed by atoms with Crippen molar-refractivity contribution in [3.63, 3.8) is 0 Å². The van der Waals surface area contributed by atoms with E-state index in [2.05, 4.69) is 12.2 Å². The summed E-state index contributed by atoms with van der Waals surface area (Å²) >= 11 is 0. The normalized spacial score (nSPS) is 14.6. The Labute approximate surface area is 101 Å². The molecular formula is C13H19F2NO. The number of hydrogen-bond acceptors (Lipinski definition) is 2. The van der Waals surface area contributed by atoms with Crippen LogP contribution in [0.2, 0.25) is 0 Å². The van der Waals surface area contributed by atoms with Gasteiger partial charge in [-0.1, -0.05) is 13.0 Å². The zero-order chi connectivity index (χ0) is 12.9. The number of rotatable bonds is 6. The van der Waals surface area contributed by atoms with Crippen molar-refractivity contribution in [2.75, 3.05) is 13.1 Å². The average Bonchev–Trinajstić information content (AvgIpc) is 2.28. The van der Waals surface area contributed by atoms with E-state index in [1.165, 1.54) is 6.07 Å². The van der Waals surface area contributed by atoms with Crippen LogP contribution in [-0.4, -0.2) is 18.2 Å². The Morgan fingerprint density at radius 1 is 1.24 bits per heavy atom. The van der Waals surface area contributed by atoms with Gasteiger partial charge in [0.1, 0.15) is 0 Å². The Morgan fingerprint density at radius 2 is 1.94 bits per heavy atom. The molecule has 1 aromatic carbocycles. The topological polar surface area (TPSA) is 32.3 Å². The van der Waals surface area contributed by atoms with E-state index in [1.807, 2.05) is 0 Å². The lowest BCUT2D eigenvalue weighted by atomic mass is 9.92. The van der Waals surface area contributed by atoms with E-state index in [0.717, 1.165) is 25.1 Å². The van der Waals surface area contributed by atoms with Crippen LogP contribution in [0.1, 0.15) is 32.3 Å². The van der Waals surface area contributed by atoms with Gasteiger partial charge in [0.25, 0.3) is 0 Å². The molecule has 0 aromatic heterocycles. The van der Waals surface area contributed by atoms with Crippen molar-refractivity contribution in [2.24, 2.45) is 0 Å². The minimum absolute atomic E-state index is 0.398. The van der Waals surface area contributed by atoms with Crippen molar-refractivity contribution in [1.29, 1.82) is 0 Å². The minimum Gasteiger partial charge on any atom is -0.385 e. The number of nitrogens with one attached hydrogen (secondary N) is 1. The Bertz CT molecular complexity index is 366.